The summed E-state index contributed by atoms with van der Waals surface area (Å²) in [6, 6.07) is 14.8. The maximum atomic E-state index is 12.5. The largest absolute Gasteiger partial charge is 0.465 e. The number of piperidine rings is 1. The van der Waals surface area contributed by atoms with E-state index in [1.54, 1.807) is 36.0 Å². The average Bonchev–Trinajstić information content (AvgIpc) is 2.94. The number of β-amino-alcohol motifs (C(OH)–C–C–N with tert-alkyl or cyclic N) is 1. The fourth-order valence-electron chi connectivity index (χ4n) is 6.59. The minimum atomic E-state index is -3.78. The van der Waals surface area contributed by atoms with Gasteiger partial charge in [0.25, 0.3) is 10.1 Å². The van der Waals surface area contributed by atoms with Gasteiger partial charge in [0, 0.05) is 17.4 Å². The number of carboxylic acid groups (broad SMARTS) is 1. The van der Waals surface area contributed by atoms with E-state index in [1.807, 2.05) is 38.1 Å². The van der Waals surface area contributed by atoms with Crippen molar-refractivity contribution in [1.29, 1.82) is 0 Å². The highest BCUT2D eigenvalue weighted by atomic mass is 32.2. The van der Waals surface area contributed by atoms with Crippen molar-refractivity contribution in [2.45, 2.75) is 106 Å². The molecule has 3 rings (SSSR count). The molecule has 4 atom stereocenters. The minimum Gasteiger partial charge on any atom is -0.465 e. The number of amides is 1. The number of likely N-dealkylation sites (tertiary alicyclic amines) is 1. The van der Waals surface area contributed by atoms with E-state index in [4.69, 9.17) is 8.61 Å². The number of hydrogen-bond donors (Lipinski definition) is 2. The molecule has 11 heteroatoms. The van der Waals surface area contributed by atoms with Crippen LogP contribution in [0.1, 0.15) is 71.9 Å². The van der Waals surface area contributed by atoms with Gasteiger partial charge in [0.15, 0.2) is 0 Å². The Bertz CT molecular complexity index is 1290. The molecule has 2 N–H and O–H groups in total. The first-order valence-corrected chi connectivity index (χ1v) is 20.1. The standard InChI is InChI=1S/C33H51NO7S2Si/c1-22(2)44(23(3)4,24(5)6)41-31-20-34(33(36)37)19-30(35)32(31)27-11-13-28(14-12-27)42-18-17-26(8)21-40-43(38,39)29-15-9-25(7)10-16-29/h9-16,22-24,26,30-32,35H,17-21H2,1-8H3,(H,36,37)/t26-,30+,31-,32-/m1/s1. The fraction of sp³-hybridized carbons (Fsp3) is 0.606. The van der Waals surface area contributed by atoms with Gasteiger partial charge < -0.3 is 19.5 Å². The molecular formula is C33H51NO7S2Si. The Balaban J connectivity index is 1.66. The number of aliphatic hydroxyl groups is 1. The molecule has 1 aliphatic rings. The van der Waals surface area contributed by atoms with Crippen molar-refractivity contribution in [2.75, 3.05) is 25.4 Å². The molecule has 2 aromatic carbocycles. The van der Waals surface area contributed by atoms with Crippen molar-refractivity contribution < 1.29 is 32.0 Å². The Hall–Kier alpha value is -1.89. The molecule has 1 fully saturated rings. The third-order valence-corrected chi connectivity index (χ3v) is 17.4. The zero-order chi connectivity index (χ0) is 32.8. The van der Waals surface area contributed by atoms with Crippen LogP contribution in [0.25, 0.3) is 0 Å². The van der Waals surface area contributed by atoms with Crippen LogP contribution in [-0.2, 0) is 18.7 Å². The van der Waals surface area contributed by atoms with Crippen LogP contribution in [0.3, 0.4) is 0 Å². The van der Waals surface area contributed by atoms with Crippen molar-refractivity contribution in [2.24, 2.45) is 5.92 Å². The van der Waals surface area contributed by atoms with E-state index >= 15 is 0 Å². The number of aryl methyl sites for hydroxylation is 1. The first-order valence-electron chi connectivity index (χ1n) is 15.6. The van der Waals surface area contributed by atoms with Crippen LogP contribution in [0.15, 0.2) is 58.3 Å². The Morgan fingerprint density at radius 2 is 1.52 bits per heavy atom. The van der Waals surface area contributed by atoms with Crippen molar-refractivity contribution >= 4 is 36.3 Å². The Morgan fingerprint density at radius 3 is 2.05 bits per heavy atom. The number of carbonyl (C=O) groups is 1. The Kier molecular flexibility index (Phi) is 13.0. The molecule has 0 saturated carbocycles. The summed E-state index contributed by atoms with van der Waals surface area (Å²) >= 11 is 1.69. The normalized spacial score (nSPS) is 20.5. The maximum absolute atomic E-state index is 12.5. The van der Waals surface area contributed by atoms with E-state index in [1.165, 1.54) is 4.90 Å². The van der Waals surface area contributed by atoms with Crippen LogP contribution in [0, 0.1) is 12.8 Å². The highest BCUT2D eigenvalue weighted by molar-refractivity contribution is 7.99. The van der Waals surface area contributed by atoms with Crippen LogP contribution in [-0.4, -0.2) is 75.6 Å². The molecule has 0 bridgehead atoms. The number of aliphatic hydroxyl groups excluding tert-OH is 1. The molecule has 1 heterocycles. The van der Waals surface area contributed by atoms with Crippen molar-refractivity contribution in [3.8, 4) is 0 Å². The van der Waals surface area contributed by atoms with Crippen LogP contribution < -0.4 is 0 Å². The summed E-state index contributed by atoms with van der Waals surface area (Å²) in [6.07, 6.45) is -1.58. The number of benzene rings is 2. The summed E-state index contributed by atoms with van der Waals surface area (Å²) in [7, 11) is -6.13. The van der Waals surface area contributed by atoms with Crippen LogP contribution in [0.5, 0.6) is 0 Å². The second-order valence-corrected chi connectivity index (χ2v) is 21.3. The molecule has 0 aromatic heterocycles. The third kappa shape index (κ3) is 8.88. The minimum absolute atomic E-state index is 0.0511. The van der Waals surface area contributed by atoms with Gasteiger partial charge in [0.05, 0.1) is 30.3 Å². The van der Waals surface area contributed by atoms with Crippen LogP contribution in [0.4, 0.5) is 4.79 Å². The van der Waals surface area contributed by atoms with Gasteiger partial charge >= 0.3 is 6.09 Å². The lowest BCUT2D eigenvalue weighted by molar-refractivity contribution is -0.0190. The lowest BCUT2D eigenvalue weighted by Crippen LogP contribution is -2.59. The third-order valence-electron chi connectivity index (χ3n) is 8.92. The molecule has 1 amide bonds. The summed E-state index contributed by atoms with van der Waals surface area (Å²) in [5.74, 6) is 0.521. The van der Waals surface area contributed by atoms with Gasteiger partial charge in [-0.15, -0.1) is 11.8 Å². The zero-order valence-corrected chi connectivity index (χ0v) is 30.0. The average molecular weight is 666 g/mol. The monoisotopic (exact) mass is 665 g/mol. The molecule has 246 valence electrons. The number of hydrogen-bond acceptors (Lipinski definition) is 7. The van der Waals surface area contributed by atoms with E-state index in [-0.39, 0.29) is 36.4 Å². The predicted octanol–water partition coefficient (Wildman–Crippen LogP) is 7.52. The summed E-state index contributed by atoms with van der Waals surface area (Å²) in [5, 5.41) is 21.0. The van der Waals surface area contributed by atoms with E-state index in [0.717, 1.165) is 28.2 Å². The number of nitrogens with zero attached hydrogens (tertiary/aromatic N) is 1. The molecule has 0 aliphatic carbocycles. The van der Waals surface area contributed by atoms with Crippen LogP contribution >= 0.6 is 11.8 Å². The maximum Gasteiger partial charge on any atom is 0.407 e. The van der Waals surface area contributed by atoms with E-state index in [9.17, 15) is 23.4 Å². The molecule has 0 unspecified atom stereocenters. The first kappa shape index (κ1) is 36.6. The highest BCUT2D eigenvalue weighted by Crippen LogP contribution is 2.45. The van der Waals surface area contributed by atoms with Gasteiger partial charge in [-0.2, -0.15) is 8.42 Å². The van der Waals surface area contributed by atoms with Crippen molar-refractivity contribution in [3.63, 3.8) is 0 Å². The quantitative estimate of drug-likeness (QED) is 0.121. The zero-order valence-electron chi connectivity index (χ0n) is 27.4. The van der Waals surface area contributed by atoms with Crippen LogP contribution in [0.2, 0.25) is 16.6 Å². The van der Waals surface area contributed by atoms with Gasteiger partial charge in [0.1, 0.15) is 0 Å². The summed E-state index contributed by atoms with van der Waals surface area (Å²) in [4.78, 5) is 14.5. The highest BCUT2D eigenvalue weighted by Gasteiger charge is 2.50. The number of thioether (sulfide) groups is 1. The molecule has 0 spiro atoms. The second-order valence-electron chi connectivity index (χ2n) is 13.1. The van der Waals surface area contributed by atoms with Gasteiger partial charge in [-0.1, -0.05) is 78.3 Å². The van der Waals surface area contributed by atoms with E-state index < -0.39 is 36.7 Å². The SMILES string of the molecule is Cc1ccc(S(=O)(=O)OC[C@H](C)CCSc2ccc([C@@H]3[C@@H](O)CN(C(=O)O)C[C@H]3O[Si](C(C)C)(C(C)C)C(C)C)cc2)cc1. The lowest BCUT2D eigenvalue weighted by atomic mass is 9.85. The molecular weight excluding hydrogens is 615 g/mol. The molecule has 1 aliphatic heterocycles. The first-order chi connectivity index (χ1) is 20.6. The smallest absolute Gasteiger partial charge is 0.407 e. The second kappa shape index (κ2) is 15.6. The molecule has 0 radical (unpaired) electrons. The predicted molar refractivity (Wildman–Crippen MR) is 180 cm³/mol. The Labute approximate surface area is 269 Å². The van der Waals surface area contributed by atoms with Crippen molar-refractivity contribution in [3.05, 3.63) is 59.7 Å². The summed E-state index contributed by atoms with van der Waals surface area (Å²) < 4.78 is 37.4. The topological polar surface area (TPSA) is 113 Å². The van der Waals surface area contributed by atoms with Gasteiger partial charge in [-0.25, -0.2) is 4.79 Å². The van der Waals surface area contributed by atoms with E-state index in [2.05, 4.69) is 41.5 Å². The lowest BCUT2D eigenvalue weighted by Gasteiger charge is -2.49. The Morgan fingerprint density at radius 1 is 0.955 bits per heavy atom. The fourth-order valence-corrected chi connectivity index (χ4v) is 14.3. The number of rotatable bonds is 14. The molecule has 8 nitrogen and oxygen atoms in total. The van der Waals surface area contributed by atoms with Gasteiger partial charge in [0.2, 0.25) is 8.32 Å². The van der Waals surface area contributed by atoms with Crippen molar-refractivity contribution in [1.82, 2.24) is 4.90 Å². The summed E-state index contributed by atoms with van der Waals surface area (Å²) in [5.41, 5.74) is 2.92. The molecule has 1 saturated heterocycles. The van der Waals surface area contributed by atoms with Gasteiger partial charge in [-0.05, 0) is 71.5 Å². The molecule has 44 heavy (non-hydrogen) atoms. The van der Waals surface area contributed by atoms with E-state index in [0.29, 0.717) is 16.6 Å². The van der Waals surface area contributed by atoms with Gasteiger partial charge in [-0.3, -0.25) is 4.18 Å². The summed E-state index contributed by atoms with van der Waals surface area (Å²) in [6.45, 7) is 17.5. The molecule has 2 aromatic rings.